The van der Waals surface area contributed by atoms with E-state index in [1.165, 1.54) is 18.2 Å². The first-order chi connectivity index (χ1) is 21.2. The number of nitrogens with zero attached hydrogens (tertiary/aromatic N) is 3. The van der Waals surface area contributed by atoms with Gasteiger partial charge in [0, 0.05) is 24.4 Å². The molecule has 0 unspecified atom stereocenters. The number of carbonyl (C=O) groups excluding carboxylic acids is 3. The number of hydrogen-bond acceptors (Lipinski definition) is 9. The SMILES string of the molecule is COc1nc(-c2ccccc2)ncc1O[C@@H]1C[C@H]2C(=O)N[C@@]3(C(=O)NS(=O)(=O)C4CC4)C[C@@H]3/C=C/CCCCNC(=O)N2C1. The fraction of sp³-hybridized carbons (Fsp3) is 0.500. The monoisotopic (exact) mass is 624 g/mol. The zero-order chi connectivity index (χ0) is 30.9. The van der Waals surface area contributed by atoms with Gasteiger partial charge >= 0.3 is 6.03 Å². The van der Waals surface area contributed by atoms with E-state index in [4.69, 9.17) is 9.47 Å². The van der Waals surface area contributed by atoms with Crippen LogP contribution in [0.25, 0.3) is 11.4 Å². The fourth-order valence-electron chi connectivity index (χ4n) is 5.76. The summed E-state index contributed by atoms with van der Waals surface area (Å²) in [5.41, 5.74) is -0.608. The highest BCUT2D eigenvalue weighted by atomic mass is 32.2. The van der Waals surface area contributed by atoms with Gasteiger partial charge in [-0.2, -0.15) is 4.98 Å². The van der Waals surface area contributed by atoms with Crippen LogP contribution in [0.15, 0.2) is 48.7 Å². The molecular formula is C30H36N6O7S. The highest BCUT2D eigenvalue weighted by molar-refractivity contribution is 7.91. The van der Waals surface area contributed by atoms with E-state index in [1.54, 1.807) is 0 Å². The van der Waals surface area contributed by atoms with Crippen molar-refractivity contribution in [3.63, 3.8) is 0 Å². The molecule has 2 aromatic rings. The summed E-state index contributed by atoms with van der Waals surface area (Å²) in [6.07, 6.45) is 8.39. The number of nitrogens with one attached hydrogen (secondary N) is 3. The summed E-state index contributed by atoms with van der Waals surface area (Å²) >= 11 is 0. The molecule has 13 nitrogen and oxygen atoms in total. The van der Waals surface area contributed by atoms with Crippen molar-refractivity contribution in [3.05, 3.63) is 48.7 Å². The number of allylic oxidation sites excluding steroid dienone is 1. The lowest BCUT2D eigenvalue weighted by atomic mass is 10.1. The Morgan fingerprint density at radius 1 is 1.16 bits per heavy atom. The summed E-state index contributed by atoms with van der Waals surface area (Å²) < 4.78 is 39.0. The molecule has 234 valence electrons. The summed E-state index contributed by atoms with van der Waals surface area (Å²) in [5.74, 6) is -0.733. The molecule has 1 saturated heterocycles. The van der Waals surface area contributed by atoms with Crippen LogP contribution in [-0.4, -0.2) is 84.3 Å². The number of aromatic nitrogens is 2. The normalized spacial score (nSPS) is 27.9. The molecule has 4 atom stereocenters. The third-order valence-electron chi connectivity index (χ3n) is 8.47. The number of sulfonamides is 1. The highest BCUT2D eigenvalue weighted by Crippen LogP contribution is 2.46. The van der Waals surface area contributed by atoms with Crippen LogP contribution in [0.5, 0.6) is 11.6 Å². The molecule has 4 amide bonds. The van der Waals surface area contributed by atoms with Crippen molar-refractivity contribution in [2.45, 2.75) is 67.9 Å². The van der Waals surface area contributed by atoms with Crippen LogP contribution in [0.3, 0.4) is 0 Å². The Morgan fingerprint density at radius 3 is 2.70 bits per heavy atom. The van der Waals surface area contributed by atoms with Gasteiger partial charge < -0.3 is 25.0 Å². The molecule has 3 N–H and O–H groups in total. The molecule has 0 bridgehead atoms. The Hall–Kier alpha value is -4.20. The molecule has 44 heavy (non-hydrogen) atoms. The second kappa shape index (κ2) is 12.1. The van der Waals surface area contributed by atoms with Gasteiger partial charge in [0.25, 0.3) is 11.8 Å². The van der Waals surface area contributed by atoms with E-state index in [2.05, 4.69) is 25.3 Å². The van der Waals surface area contributed by atoms with Gasteiger partial charge in [-0.3, -0.25) is 14.3 Å². The van der Waals surface area contributed by atoms with Crippen LogP contribution >= 0.6 is 0 Å². The first kappa shape index (κ1) is 29.9. The molecular weight excluding hydrogens is 588 g/mol. The number of fused-ring (bicyclic) bond motifs is 2. The molecule has 2 saturated carbocycles. The lowest BCUT2D eigenvalue weighted by molar-refractivity contribution is -0.131. The third kappa shape index (κ3) is 6.21. The average Bonchev–Trinajstić information content (AvgIpc) is 3.94. The number of carbonyl (C=O) groups is 3. The van der Waals surface area contributed by atoms with Gasteiger partial charge in [0.05, 0.1) is 25.1 Å². The van der Waals surface area contributed by atoms with Crippen LogP contribution in [-0.2, 0) is 19.6 Å². The molecule has 1 aromatic heterocycles. The van der Waals surface area contributed by atoms with E-state index in [-0.39, 0.29) is 36.9 Å². The molecule has 1 aromatic carbocycles. The predicted molar refractivity (Wildman–Crippen MR) is 159 cm³/mol. The second-order valence-corrected chi connectivity index (χ2v) is 13.6. The number of rotatable bonds is 7. The lowest BCUT2D eigenvalue weighted by Crippen LogP contribution is -2.57. The maximum atomic E-state index is 13.8. The van der Waals surface area contributed by atoms with Crippen LogP contribution in [0, 0.1) is 5.92 Å². The van der Waals surface area contributed by atoms with Crippen molar-refractivity contribution < 1.29 is 32.3 Å². The van der Waals surface area contributed by atoms with Crippen molar-refractivity contribution in [1.82, 2.24) is 30.2 Å². The van der Waals surface area contributed by atoms with Crippen LogP contribution in [0.1, 0.15) is 44.9 Å². The zero-order valence-electron chi connectivity index (χ0n) is 24.4. The van der Waals surface area contributed by atoms with Crippen LogP contribution in [0.2, 0.25) is 0 Å². The molecule has 6 rings (SSSR count). The van der Waals surface area contributed by atoms with E-state index in [9.17, 15) is 22.8 Å². The quantitative estimate of drug-likeness (QED) is 0.390. The van der Waals surface area contributed by atoms with Crippen LogP contribution in [0.4, 0.5) is 4.79 Å². The van der Waals surface area contributed by atoms with Gasteiger partial charge in [0.1, 0.15) is 17.7 Å². The van der Waals surface area contributed by atoms with Gasteiger partial charge in [0.2, 0.25) is 15.9 Å². The van der Waals surface area contributed by atoms with Crippen molar-refractivity contribution in [3.8, 4) is 23.0 Å². The molecule has 3 fully saturated rings. The van der Waals surface area contributed by atoms with E-state index in [0.29, 0.717) is 25.2 Å². The molecule has 2 aliphatic heterocycles. The number of ether oxygens (including phenoxy) is 2. The zero-order valence-corrected chi connectivity index (χ0v) is 25.2. The summed E-state index contributed by atoms with van der Waals surface area (Å²) in [6, 6.07) is 8.02. The molecule has 2 aliphatic carbocycles. The van der Waals surface area contributed by atoms with Gasteiger partial charge in [-0.05, 0) is 38.5 Å². The second-order valence-electron chi connectivity index (χ2n) is 11.7. The fourth-order valence-corrected chi connectivity index (χ4v) is 7.12. The largest absolute Gasteiger partial charge is 0.481 e. The summed E-state index contributed by atoms with van der Waals surface area (Å²) in [6.45, 7) is 0.534. The third-order valence-corrected chi connectivity index (χ3v) is 10.3. The number of urea groups is 1. The highest BCUT2D eigenvalue weighted by Gasteiger charge is 2.62. The van der Waals surface area contributed by atoms with Gasteiger partial charge in [0.15, 0.2) is 11.6 Å². The molecule has 0 radical (unpaired) electrons. The standard InChI is InChI=1S/C30H36N6O7S/c1-42-27-24(17-32-25(33-27)19-9-5-4-6-10-19)43-21-15-23-26(37)34-30(28(38)35-44(40,41)22-12-13-22)16-20(30)11-7-2-3-8-14-31-29(39)36(23)18-21/h4-7,9-11,17,20-23H,2-3,8,12-16,18H2,1H3,(H,31,39)(H,34,37)(H,35,38)/b11-7+/t20-,21+,23-,30-/m0/s1. The Balaban J connectivity index is 1.22. The minimum Gasteiger partial charge on any atom is -0.481 e. The minimum absolute atomic E-state index is 0.0894. The first-order valence-corrected chi connectivity index (χ1v) is 16.5. The maximum absolute atomic E-state index is 13.8. The number of hydrogen-bond donors (Lipinski definition) is 3. The Kier molecular flexibility index (Phi) is 8.18. The summed E-state index contributed by atoms with van der Waals surface area (Å²) in [7, 11) is -2.35. The van der Waals surface area contributed by atoms with Gasteiger partial charge in [-0.25, -0.2) is 18.2 Å². The Bertz CT molecular complexity index is 1560. The smallest absolute Gasteiger partial charge is 0.318 e. The lowest BCUT2D eigenvalue weighted by Gasteiger charge is -2.26. The number of benzene rings is 1. The van der Waals surface area contributed by atoms with E-state index in [1.807, 2.05) is 42.5 Å². The van der Waals surface area contributed by atoms with E-state index < -0.39 is 50.8 Å². The molecule has 3 heterocycles. The van der Waals surface area contributed by atoms with Crippen molar-refractivity contribution in [1.29, 1.82) is 0 Å². The van der Waals surface area contributed by atoms with E-state index in [0.717, 1.165) is 24.8 Å². The summed E-state index contributed by atoms with van der Waals surface area (Å²) in [5, 5.41) is 5.14. The maximum Gasteiger partial charge on any atom is 0.318 e. The first-order valence-electron chi connectivity index (χ1n) is 14.9. The average molecular weight is 625 g/mol. The topological polar surface area (TPSA) is 169 Å². The van der Waals surface area contributed by atoms with Gasteiger partial charge in [-0.15, -0.1) is 0 Å². The van der Waals surface area contributed by atoms with Crippen molar-refractivity contribution in [2.24, 2.45) is 5.92 Å². The van der Waals surface area contributed by atoms with Crippen molar-refractivity contribution in [2.75, 3.05) is 20.2 Å². The molecule has 4 aliphatic rings. The number of methoxy groups -OCH3 is 1. The Morgan fingerprint density at radius 2 is 1.95 bits per heavy atom. The number of amides is 4. The van der Waals surface area contributed by atoms with Crippen LogP contribution < -0.4 is 24.8 Å². The van der Waals surface area contributed by atoms with E-state index >= 15 is 0 Å². The predicted octanol–water partition coefficient (Wildman–Crippen LogP) is 1.91. The molecule has 0 spiro atoms. The Labute approximate surface area is 255 Å². The molecule has 14 heteroatoms. The minimum atomic E-state index is -3.82. The van der Waals surface area contributed by atoms with Crippen molar-refractivity contribution >= 4 is 27.9 Å². The van der Waals surface area contributed by atoms with Gasteiger partial charge in [-0.1, -0.05) is 42.5 Å². The summed E-state index contributed by atoms with van der Waals surface area (Å²) in [4.78, 5) is 50.7.